The van der Waals surface area contributed by atoms with E-state index in [4.69, 9.17) is 9.47 Å². The molecule has 2 amide bonds. The number of carbonyl (C=O) groups excluding carboxylic acids is 2. The fourth-order valence-electron chi connectivity index (χ4n) is 5.41. The topological polar surface area (TPSA) is 137 Å². The molecule has 1 unspecified atom stereocenters. The Kier molecular flexibility index (Phi) is 11.1. The average Bonchev–Trinajstić information content (AvgIpc) is 3.39. The van der Waals surface area contributed by atoms with Crippen LogP contribution in [0.2, 0.25) is 0 Å². The molecule has 0 radical (unpaired) electrons. The standard InChI is InChI=1S/C36H38N2O7/c39-29-20-27-18-10-11-19-28(27)30(29)38-36(43)34(45-23-26-16-8-3-9-17-26)32(41)31(40)33(44-22-25-14-6-2-7-15-25)35(42)37-21-24-12-4-1-5-13-24/h1-19,29-34,39-41H,20-23H2,(H,37,42)(H,38,43)/t29-,30?,31-,32-,33-,34-/m1/s1. The fraction of sp³-hybridized carbons (Fsp3) is 0.278. The first-order valence-electron chi connectivity index (χ1n) is 15.0. The molecule has 0 saturated carbocycles. The summed E-state index contributed by atoms with van der Waals surface area (Å²) in [5.41, 5.74) is 3.99. The number of carbonyl (C=O) groups is 2. The van der Waals surface area contributed by atoms with Gasteiger partial charge in [-0.3, -0.25) is 9.59 Å². The zero-order chi connectivity index (χ0) is 31.6. The summed E-state index contributed by atoms with van der Waals surface area (Å²) in [5.74, 6) is -1.41. The molecule has 5 rings (SSSR count). The van der Waals surface area contributed by atoms with E-state index in [9.17, 15) is 24.9 Å². The predicted molar refractivity (Wildman–Crippen MR) is 167 cm³/mol. The summed E-state index contributed by atoms with van der Waals surface area (Å²) in [6.07, 6.45) is -7.39. The van der Waals surface area contributed by atoms with E-state index in [2.05, 4.69) is 10.6 Å². The van der Waals surface area contributed by atoms with Gasteiger partial charge in [0.1, 0.15) is 12.2 Å². The summed E-state index contributed by atoms with van der Waals surface area (Å²) < 4.78 is 11.8. The van der Waals surface area contributed by atoms with Crippen molar-refractivity contribution >= 4 is 11.8 Å². The van der Waals surface area contributed by atoms with Crippen molar-refractivity contribution in [2.45, 2.75) is 62.7 Å². The van der Waals surface area contributed by atoms with Crippen molar-refractivity contribution in [3.8, 4) is 0 Å². The smallest absolute Gasteiger partial charge is 0.252 e. The Labute approximate surface area is 262 Å². The summed E-state index contributed by atoms with van der Waals surface area (Å²) in [7, 11) is 0. The van der Waals surface area contributed by atoms with Gasteiger partial charge in [0.15, 0.2) is 12.2 Å². The van der Waals surface area contributed by atoms with E-state index in [1.165, 1.54) is 0 Å². The SMILES string of the molecule is O=C(NCc1ccccc1)[C@H](OCc1ccccc1)[C@H](O)[C@@H](O)[C@@H](OCc1ccccc1)C(=O)NC1c2ccccc2C[C@H]1O. The molecular formula is C36H38N2O7. The Morgan fingerprint density at radius 3 is 1.69 bits per heavy atom. The van der Waals surface area contributed by atoms with Crippen LogP contribution in [0.15, 0.2) is 115 Å². The van der Waals surface area contributed by atoms with E-state index < -0.39 is 48.4 Å². The van der Waals surface area contributed by atoms with Crippen LogP contribution in [0.3, 0.4) is 0 Å². The van der Waals surface area contributed by atoms with Crippen LogP contribution in [0.1, 0.15) is 33.9 Å². The highest BCUT2D eigenvalue weighted by Gasteiger charge is 2.42. The van der Waals surface area contributed by atoms with E-state index in [-0.39, 0.29) is 19.8 Å². The van der Waals surface area contributed by atoms with Crippen molar-refractivity contribution in [2.75, 3.05) is 0 Å². The van der Waals surface area contributed by atoms with Gasteiger partial charge in [-0.2, -0.15) is 0 Å². The van der Waals surface area contributed by atoms with Crippen LogP contribution in [0.5, 0.6) is 0 Å². The molecule has 0 aromatic heterocycles. The van der Waals surface area contributed by atoms with Gasteiger partial charge in [-0.1, -0.05) is 115 Å². The number of amides is 2. The quantitative estimate of drug-likeness (QED) is 0.148. The van der Waals surface area contributed by atoms with Crippen LogP contribution < -0.4 is 10.6 Å². The van der Waals surface area contributed by atoms with Gasteiger partial charge >= 0.3 is 0 Å². The molecule has 0 bridgehead atoms. The van der Waals surface area contributed by atoms with Crippen molar-refractivity contribution in [1.82, 2.24) is 10.6 Å². The minimum absolute atomic E-state index is 0.0270. The first kappa shape index (κ1) is 32.0. The van der Waals surface area contributed by atoms with E-state index in [1.807, 2.05) is 103 Å². The molecular weight excluding hydrogens is 572 g/mol. The van der Waals surface area contributed by atoms with Crippen molar-refractivity contribution in [2.24, 2.45) is 0 Å². The minimum Gasteiger partial charge on any atom is -0.390 e. The lowest BCUT2D eigenvalue weighted by Crippen LogP contribution is -2.56. The van der Waals surface area contributed by atoms with Crippen molar-refractivity contribution in [3.63, 3.8) is 0 Å². The second-order valence-electron chi connectivity index (χ2n) is 11.1. The highest BCUT2D eigenvalue weighted by molar-refractivity contribution is 5.84. The zero-order valence-corrected chi connectivity index (χ0v) is 24.7. The van der Waals surface area contributed by atoms with Crippen LogP contribution in [-0.2, 0) is 45.2 Å². The molecule has 9 heteroatoms. The molecule has 0 fully saturated rings. The van der Waals surface area contributed by atoms with Gasteiger partial charge in [-0.25, -0.2) is 0 Å². The molecule has 4 aromatic rings. The third-order valence-corrected chi connectivity index (χ3v) is 7.84. The number of nitrogens with one attached hydrogen (secondary N) is 2. The first-order valence-corrected chi connectivity index (χ1v) is 15.0. The summed E-state index contributed by atoms with van der Waals surface area (Å²) in [6, 6.07) is 34.1. The molecule has 6 atom stereocenters. The van der Waals surface area contributed by atoms with Gasteiger partial charge in [0, 0.05) is 13.0 Å². The maximum Gasteiger partial charge on any atom is 0.252 e. The fourth-order valence-corrected chi connectivity index (χ4v) is 5.41. The maximum atomic E-state index is 13.7. The lowest BCUT2D eigenvalue weighted by molar-refractivity contribution is -0.171. The number of benzene rings is 4. The Morgan fingerprint density at radius 1 is 0.667 bits per heavy atom. The number of fused-ring (bicyclic) bond motifs is 1. The van der Waals surface area contributed by atoms with Crippen molar-refractivity contribution in [1.29, 1.82) is 0 Å². The van der Waals surface area contributed by atoms with Gasteiger partial charge in [0.25, 0.3) is 11.8 Å². The normalized spacial score (nSPS) is 18.3. The Bertz CT molecular complexity index is 1520. The van der Waals surface area contributed by atoms with E-state index in [1.54, 1.807) is 12.1 Å². The summed E-state index contributed by atoms with van der Waals surface area (Å²) in [6.45, 7) is 0.0875. The first-order chi connectivity index (χ1) is 21.9. The maximum absolute atomic E-state index is 13.7. The largest absolute Gasteiger partial charge is 0.390 e. The summed E-state index contributed by atoms with van der Waals surface area (Å²) in [4.78, 5) is 27.2. The van der Waals surface area contributed by atoms with Crippen molar-refractivity contribution < 1.29 is 34.4 Å². The minimum atomic E-state index is -1.87. The van der Waals surface area contributed by atoms with E-state index >= 15 is 0 Å². The Hall–Kier alpha value is -4.38. The van der Waals surface area contributed by atoms with Crippen LogP contribution in [0, 0.1) is 0 Å². The van der Waals surface area contributed by atoms with Crippen LogP contribution in [-0.4, -0.2) is 57.7 Å². The lowest BCUT2D eigenvalue weighted by atomic mass is 10.00. The second-order valence-corrected chi connectivity index (χ2v) is 11.1. The molecule has 0 spiro atoms. The summed E-state index contributed by atoms with van der Waals surface area (Å²) in [5, 5.41) is 39.3. The Morgan fingerprint density at radius 2 is 1.13 bits per heavy atom. The van der Waals surface area contributed by atoms with Gasteiger partial charge in [0.05, 0.1) is 25.4 Å². The number of ether oxygens (including phenoxy) is 2. The Balaban J connectivity index is 1.36. The number of aliphatic hydroxyl groups is 3. The van der Waals surface area contributed by atoms with Gasteiger partial charge in [0.2, 0.25) is 0 Å². The summed E-state index contributed by atoms with van der Waals surface area (Å²) >= 11 is 0. The molecule has 5 N–H and O–H groups in total. The molecule has 9 nitrogen and oxygen atoms in total. The van der Waals surface area contributed by atoms with Crippen LogP contribution >= 0.6 is 0 Å². The van der Waals surface area contributed by atoms with E-state index in [0.29, 0.717) is 6.42 Å². The highest BCUT2D eigenvalue weighted by Crippen LogP contribution is 2.31. The van der Waals surface area contributed by atoms with Gasteiger partial charge in [-0.05, 0) is 27.8 Å². The molecule has 0 saturated heterocycles. The highest BCUT2D eigenvalue weighted by atomic mass is 16.5. The third kappa shape index (κ3) is 8.42. The molecule has 0 heterocycles. The van der Waals surface area contributed by atoms with Crippen LogP contribution in [0.4, 0.5) is 0 Å². The molecule has 4 aromatic carbocycles. The predicted octanol–water partition coefficient (Wildman–Crippen LogP) is 2.97. The van der Waals surface area contributed by atoms with Crippen molar-refractivity contribution in [3.05, 3.63) is 143 Å². The molecule has 1 aliphatic rings. The third-order valence-electron chi connectivity index (χ3n) is 7.84. The second kappa shape index (κ2) is 15.6. The molecule has 0 aliphatic heterocycles. The monoisotopic (exact) mass is 610 g/mol. The molecule has 45 heavy (non-hydrogen) atoms. The molecule has 1 aliphatic carbocycles. The van der Waals surface area contributed by atoms with E-state index in [0.717, 1.165) is 27.8 Å². The number of rotatable bonds is 14. The van der Waals surface area contributed by atoms with Gasteiger partial charge < -0.3 is 35.4 Å². The average molecular weight is 611 g/mol. The number of hydrogen-bond acceptors (Lipinski definition) is 7. The van der Waals surface area contributed by atoms with Gasteiger partial charge in [-0.15, -0.1) is 0 Å². The van der Waals surface area contributed by atoms with Crippen LogP contribution in [0.25, 0.3) is 0 Å². The molecule has 234 valence electrons. The number of hydrogen-bond donors (Lipinski definition) is 5. The lowest BCUT2D eigenvalue weighted by Gasteiger charge is -2.31. The number of aliphatic hydroxyl groups excluding tert-OH is 3. The zero-order valence-electron chi connectivity index (χ0n) is 24.7.